The van der Waals surface area contributed by atoms with Gasteiger partial charge in [-0.15, -0.1) is 0 Å². The van der Waals surface area contributed by atoms with E-state index in [9.17, 15) is 9.50 Å². The van der Waals surface area contributed by atoms with Crippen LogP contribution in [0, 0.1) is 5.82 Å². The van der Waals surface area contributed by atoms with Gasteiger partial charge in [0, 0.05) is 19.6 Å². The quantitative estimate of drug-likeness (QED) is 0.712. The molecule has 2 aromatic rings. The summed E-state index contributed by atoms with van der Waals surface area (Å²) >= 11 is 0. The van der Waals surface area contributed by atoms with Gasteiger partial charge >= 0.3 is 0 Å². The van der Waals surface area contributed by atoms with Gasteiger partial charge < -0.3 is 14.9 Å². The largest absolute Gasteiger partial charge is 0.388 e. The number of aliphatic hydroxyl groups is 1. The number of hydrogen-bond acceptors (Lipinski definition) is 3. The normalized spacial score (nSPS) is 12.7. The van der Waals surface area contributed by atoms with Crippen LogP contribution >= 0.6 is 0 Å². The Morgan fingerprint density at radius 2 is 1.52 bits per heavy atom. The van der Waals surface area contributed by atoms with Crippen LogP contribution in [0.2, 0.25) is 0 Å². The summed E-state index contributed by atoms with van der Waals surface area (Å²) in [6.07, 6.45) is 1.09. The smallest absolute Gasteiger partial charge is 0.123 e. The first-order valence-electron chi connectivity index (χ1n) is 8.89. The van der Waals surface area contributed by atoms with Gasteiger partial charge in [-0.1, -0.05) is 42.5 Å². The number of rotatable bonds is 10. The number of aliphatic hydroxyl groups excluding tert-OH is 1. The van der Waals surface area contributed by atoms with E-state index in [1.807, 2.05) is 6.07 Å². The molecule has 0 fully saturated rings. The van der Waals surface area contributed by atoms with Crippen LogP contribution in [0.1, 0.15) is 30.1 Å². The maximum Gasteiger partial charge on any atom is 0.123 e. The van der Waals surface area contributed by atoms with Crippen molar-refractivity contribution in [3.63, 3.8) is 0 Å². The minimum Gasteiger partial charge on any atom is -0.388 e. The Kier molecular flexibility index (Phi) is 8.06. The molecule has 2 aromatic carbocycles. The van der Waals surface area contributed by atoms with Crippen molar-refractivity contribution in [3.8, 4) is 0 Å². The highest BCUT2D eigenvalue weighted by Gasteiger charge is 2.09. The fourth-order valence-electron chi connectivity index (χ4n) is 2.83. The van der Waals surface area contributed by atoms with Crippen LogP contribution in [-0.4, -0.2) is 48.6 Å². The fourth-order valence-corrected chi connectivity index (χ4v) is 2.83. The minimum absolute atomic E-state index is 0.268. The van der Waals surface area contributed by atoms with Crippen molar-refractivity contribution in [2.45, 2.75) is 25.5 Å². The Morgan fingerprint density at radius 1 is 0.880 bits per heavy atom. The molecular weight excluding hydrogens is 315 g/mol. The van der Waals surface area contributed by atoms with E-state index in [2.05, 4.69) is 48.2 Å². The second-order valence-corrected chi connectivity index (χ2v) is 6.74. The van der Waals surface area contributed by atoms with E-state index in [0.29, 0.717) is 6.42 Å². The van der Waals surface area contributed by atoms with Crippen molar-refractivity contribution in [1.29, 1.82) is 0 Å². The molecule has 0 aliphatic heterocycles. The number of benzene rings is 2. The lowest BCUT2D eigenvalue weighted by Gasteiger charge is -2.22. The first-order chi connectivity index (χ1) is 12.0. The monoisotopic (exact) mass is 344 g/mol. The Morgan fingerprint density at radius 3 is 2.20 bits per heavy atom. The minimum atomic E-state index is -0.519. The number of halogens is 1. The third-order valence-corrected chi connectivity index (χ3v) is 4.43. The van der Waals surface area contributed by atoms with E-state index >= 15 is 0 Å². The highest BCUT2D eigenvalue weighted by molar-refractivity contribution is 5.18. The molecule has 1 atom stereocenters. The molecule has 0 bridgehead atoms. The summed E-state index contributed by atoms with van der Waals surface area (Å²) in [6.45, 7) is 3.90. The lowest BCUT2D eigenvalue weighted by molar-refractivity contribution is 0.156. The lowest BCUT2D eigenvalue weighted by atomic mass is 10.0. The van der Waals surface area contributed by atoms with Gasteiger partial charge in [0.25, 0.3) is 0 Å². The predicted molar refractivity (Wildman–Crippen MR) is 101 cm³/mol. The molecule has 1 unspecified atom stereocenters. The molecule has 2 rings (SSSR count). The summed E-state index contributed by atoms with van der Waals surface area (Å²) in [6, 6.07) is 16.6. The van der Waals surface area contributed by atoms with Gasteiger partial charge in [0.05, 0.1) is 6.10 Å². The second-order valence-electron chi connectivity index (χ2n) is 6.74. The first-order valence-corrected chi connectivity index (χ1v) is 8.89. The summed E-state index contributed by atoms with van der Waals surface area (Å²) in [4.78, 5) is 4.61. The predicted octanol–water partition coefficient (Wildman–Crippen LogP) is 3.70. The Bertz CT molecular complexity index is 603. The highest BCUT2D eigenvalue weighted by atomic mass is 19.1. The molecule has 0 aliphatic rings. The van der Waals surface area contributed by atoms with Gasteiger partial charge in [-0.05, 0) is 56.7 Å². The Hall–Kier alpha value is -1.75. The SMILES string of the molecule is CN(CCCC(O)c1ccc(F)cc1)CCN(C)Cc1ccccc1. The third kappa shape index (κ3) is 7.34. The highest BCUT2D eigenvalue weighted by Crippen LogP contribution is 2.18. The van der Waals surface area contributed by atoms with Crippen molar-refractivity contribution in [1.82, 2.24) is 9.80 Å². The zero-order chi connectivity index (χ0) is 18.1. The first kappa shape index (κ1) is 19.6. The Labute approximate surface area is 150 Å². The zero-order valence-corrected chi connectivity index (χ0v) is 15.2. The molecule has 0 aliphatic carbocycles. The van der Waals surface area contributed by atoms with Crippen LogP contribution in [0.25, 0.3) is 0 Å². The number of likely N-dealkylation sites (N-methyl/N-ethyl adjacent to an activating group) is 2. The summed E-state index contributed by atoms with van der Waals surface area (Å²) in [5.74, 6) is -0.268. The van der Waals surface area contributed by atoms with Gasteiger partial charge in [0.15, 0.2) is 0 Å². The molecule has 25 heavy (non-hydrogen) atoms. The van der Waals surface area contributed by atoms with Crippen LogP contribution < -0.4 is 0 Å². The summed E-state index contributed by atoms with van der Waals surface area (Å²) in [5.41, 5.74) is 2.11. The van der Waals surface area contributed by atoms with E-state index in [1.165, 1.54) is 17.7 Å². The van der Waals surface area contributed by atoms with E-state index in [1.54, 1.807) is 12.1 Å². The molecular formula is C21H29FN2O. The molecule has 0 heterocycles. The molecule has 1 N–H and O–H groups in total. The van der Waals surface area contributed by atoms with Crippen molar-refractivity contribution < 1.29 is 9.50 Å². The van der Waals surface area contributed by atoms with Crippen molar-refractivity contribution in [2.75, 3.05) is 33.7 Å². The third-order valence-electron chi connectivity index (χ3n) is 4.43. The molecule has 0 saturated heterocycles. The average Bonchev–Trinajstić information content (AvgIpc) is 2.61. The molecule has 0 amide bonds. The van der Waals surface area contributed by atoms with Crippen LogP contribution in [-0.2, 0) is 6.54 Å². The van der Waals surface area contributed by atoms with Crippen LogP contribution in [0.15, 0.2) is 54.6 Å². The fraction of sp³-hybridized carbons (Fsp3) is 0.429. The summed E-state index contributed by atoms with van der Waals surface area (Å²) < 4.78 is 12.9. The lowest BCUT2D eigenvalue weighted by Crippen LogP contribution is -2.31. The summed E-state index contributed by atoms with van der Waals surface area (Å²) in [5, 5.41) is 10.2. The van der Waals surface area contributed by atoms with E-state index in [0.717, 1.165) is 38.2 Å². The second kappa shape index (κ2) is 10.3. The van der Waals surface area contributed by atoms with Crippen LogP contribution in [0.4, 0.5) is 4.39 Å². The van der Waals surface area contributed by atoms with Crippen molar-refractivity contribution in [2.24, 2.45) is 0 Å². The molecule has 4 heteroatoms. The van der Waals surface area contributed by atoms with Crippen molar-refractivity contribution in [3.05, 3.63) is 71.5 Å². The standard InChI is InChI=1S/C21H29FN2O/c1-23(15-16-24(2)17-18-7-4-3-5-8-18)14-6-9-21(25)19-10-12-20(22)13-11-19/h3-5,7-8,10-13,21,25H,6,9,14-17H2,1-2H3. The molecule has 3 nitrogen and oxygen atoms in total. The van der Waals surface area contributed by atoms with Crippen molar-refractivity contribution >= 4 is 0 Å². The van der Waals surface area contributed by atoms with Gasteiger partial charge in [-0.2, -0.15) is 0 Å². The van der Waals surface area contributed by atoms with Gasteiger partial charge in [-0.25, -0.2) is 4.39 Å². The molecule has 0 saturated carbocycles. The Balaban J connectivity index is 1.61. The van der Waals surface area contributed by atoms with Gasteiger partial charge in [0.2, 0.25) is 0 Å². The van der Waals surface area contributed by atoms with Crippen LogP contribution in [0.5, 0.6) is 0 Å². The average molecular weight is 344 g/mol. The number of nitrogens with zero attached hydrogens (tertiary/aromatic N) is 2. The van der Waals surface area contributed by atoms with Crippen LogP contribution in [0.3, 0.4) is 0 Å². The summed E-state index contributed by atoms with van der Waals surface area (Å²) in [7, 11) is 4.25. The van der Waals surface area contributed by atoms with E-state index in [4.69, 9.17) is 0 Å². The van der Waals surface area contributed by atoms with Gasteiger partial charge in [0.1, 0.15) is 5.82 Å². The van der Waals surface area contributed by atoms with Gasteiger partial charge in [-0.3, -0.25) is 0 Å². The maximum atomic E-state index is 12.9. The van der Waals surface area contributed by atoms with E-state index in [-0.39, 0.29) is 5.82 Å². The maximum absolute atomic E-state index is 12.9. The molecule has 0 radical (unpaired) electrons. The molecule has 136 valence electrons. The van der Waals surface area contributed by atoms with E-state index < -0.39 is 6.10 Å². The number of hydrogen-bond donors (Lipinski definition) is 1. The zero-order valence-electron chi connectivity index (χ0n) is 15.2. The molecule has 0 aromatic heterocycles. The topological polar surface area (TPSA) is 26.7 Å². The molecule has 0 spiro atoms.